The lowest BCUT2D eigenvalue weighted by molar-refractivity contribution is 0.00752. The van der Waals surface area contributed by atoms with Gasteiger partial charge in [-0.25, -0.2) is 4.98 Å². The van der Waals surface area contributed by atoms with E-state index >= 15 is 0 Å². The summed E-state index contributed by atoms with van der Waals surface area (Å²) < 4.78 is 5.49. The molecule has 1 aliphatic heterocycles. The lowest BCUT2D eigenvalue weighted by atomic mass is 10.0. The molecular weight excluding hydrogens is 497 g/mol. The van der Waals surface area contributed by atoms with Crippen LogP contribution in [0.1, 0.15) is 18.9 Å². The van der Waals surface area contributed by atoms with Crippen LogP contribution in [0.15, 0.2) is 40.7 Å². The Hall–Kier alpha value is -1.23. The summed E-state index contributed by atoms with van der Waals surface area (Å²) in [7, 11) is 1.81. The first-order valence-electron chi connectivity index (χ1n) is 9.93. The summed E-state index contributed by atoms with van der Waals surface area (Å²) in [5.74, 6) is 1.38. The summed E-state index contributed by atoms with van der Waals surface area (Å²) in [5, 5.41) is 10.0. The molecule has 0 aliphatic carbocycles. The monoisotopic (exact) mass is 529 g/mol. The normalized spacial score (nSPS) is 16.3. The van der Waals surface area contributed by atoms with Crippen molar-refractivity contribution in [2.75, 3.05) is 39.9 Å². The van der Waals surface area contributed by atoms with Crippen LogP contribution in [0.5, 0.6) is 0 Å². The topological polar surface area (TPSA) is 61.8 Å². The average molecular weight is 529 g/mol. The van der Waals surface area contributed by atoms with Gasteiger partial charge in [0.15, 0.2) is 5.96 Å². The van der Waals surface area contributed by atoms with E-state index in [2.05, 4.69) is 51.9 Å². The van der Waals surface area contributed by atoms with E-state index in [1.807, 2.05) is 25.2 Å². The molecule has 3 rings (SSSR count). The second-order valence-corrected chi connectivity index (χ2v) is 8.20. The van der Waals surface area contributed by atoms with E-state index in [0.29, 0.717) is 18.5 Å². The van der Waals surface area contributed by atoms with E-state index in [1.54, 1.807) is 11.3 Å². The molecule has 8 heteroatoms. The van der Waals surface area contributed by atoms with Gasteiger partial charge in [0.05, 0.1) is 25.5 Å². The Kier molecular flexibility index (Phi) is 10.3. The second-order valence-electron chi connectivity index (χ2n) is 7.26. The lowest BCUT2D eigenvalue weighted by Crippen LogP contribution is -2.52. The number of thiazole rings is 1. The first-order valence-corrected chi connectivity index (χ1v) is 10.8. The molecule has 0 bridgehead atoms. The number of hydrogen-bond donors (Lipinski definition) is 2. The van der Waals surface area contributed by atoms with E-state index in [1.165, 1.54) is 0 Å². The zero-order valence-corrected chi connectivity index (χ0v) is 20.6. The van der Waals surface area contributed by atoms with E-state index in [9.17, 15) is 0 Å². The summed E-state index contributed by atoms with van der Waals surface area (Å²) in [6.45, 7) is 9.73. The predicted octanol–water partition coefficient (Wildman–Crippen LogP) is 3.45. The van der Waals surface area contributed by atoms with Crippen LogP contribution in [0.3, 0.4) is 0 Å². The number of halogens is 1. The zero-order chi connectivity index (χ0) is 19.8. The molecule has 2 N–H and O–H groups in total. The number of aromatic nitrogens is 1. The second kappa shape index (κ2) is 12.5. The van der Waals surface area contributed by atoms with E-state index in [4.69, 9.17) is 9.72 Å². The summed E-state index contributed by atoms with van der Waals surface area (Å²) in [6.07, 6.45) is 0. The number of guanidine groups is 1. The molecule has 0 spiro atoms. The minimum Gasteiger partial charge on any atom is -0.379 e. The van der Waals surface area contributed by atoms with Crippen LogP contribution < -0.4 is 10.6 Å². The molecule has 0 saturated carbocycles. The van der Waals surface area contributed by atoms with Gasteiger partial charge in [-0.2, -0.15) is 0 Å². The van der Waals surface area contributed by atoms with Gasteiger partial charge in [-0.15, -0.1) is 35.3 Å². The van der Waals surface area contributed by atoms with Gasteiger partial charge in [0.1, 0.15) is 5.01 Å². The van der Waals surface area contributed by atoms with Gasteiger partial charge in [-0.05, 0) is 5.92 Å². The minimum absolute atomic E-state index is 0. The third-order valence-corrected chi connectivity index (χ3v) is 5.86. The molecule has 1 saturated heterocycles. The quantitative estimate of drug-likeness (QED) is 0.327. The predicted molar refractivity (Wildman–Crippen MR) is 132 cm³/mol. The molecule has 1 fully saturated rings. The molecule has 160 valence electrons. The first-order chi connectivity index (χ1) is 13.7. The summed E-state index contributed by atoms with van der Waals surface area (Å²) >= 11 is 1.67. The van der Waals surface area contributed by atoms with Crippen molar-refractivity contribution in [3.63, 3.8) is 0 Å². The Morgan fingerprint density at radius 3 is 2.59 bits per heavy atom. The Labute approximate surface area is 195 Å². The fourth-order valence-electron chi connectivity index (χ4n) is 3.41. The highest BCUT2D eigenvalue weighted by Crippen LogP contribution is 2.21. The smallest absolute Gasteiger partial charge is 0.191 e. The number of hydrogen-bond acceptors (Lipinski definition) is 5. The number of aliphatic imine (C=N–C) groups is 1. The summed E-state index contributed by atoms with van der Waals surface area (Å²) in [6, 6.07) is 10.7. The van der Waals surface area contributed by atoms with Gasteiger partial charge in [-0.1, -0.05) is 44.2 Å². The minimum atomic E-state index is 0. The van der Waals surface area contributed by atoms with Crippen LogP contribution in [0.4, 0.5) is 0 Å². The summed E-state index contributed by atoms with van der Waals surface area (Å²) in [4.78, 5) is 11.6. The molecule has 2 heterocycles. The number of benzene rings is 1. The van der Waals surface area contributed by atoms with Crippen molar-refractivity contribution >= 4 is 41.3 Å². The van der Waals surface area contributed by atoms with Gasteiger partial charge < -0.3 is 15.4 Å². The van der Waals surface area contributed by atoms with Crippen molar-refractivity contribution in [2.24, 2.45) is 10.9 Å². The number of nitrogens with one attached hydrogen (secondary N) is 2. The Morgan fingerprint density at radius 1 is 1.21 bits per heavy atom. The van der Waals surface area contributed by atoms with Crippen LogP contribution in [-0.4, -0.2) is 61.8 Å². The molecule has 29 heavy (non-hydrogen) atoms. The molecule has 2 aromatic rings. The van der Waals surface area contributed by atoms with Gasteiger partial charge in [0.2, 0.25) is 0 Å². The van der Waals surface area contributed by atoms with E-state index in [0.717, 1.165) is 55.1 Å². The standard InChI is InChI=1S/C21H31N5OS.HI/c1-16(2)19(26-9-11-27-12-10-26)13-23-21(22-3)24-14-20-25-18(15-28-20)17-7-5-4-6-8-17;/h4-8,15-16,19H,9-14H2,1-3H3,(H2,22,23,24);1H. The van der Waals surface area contributed by atoms with E-state index in [-0.39, 0.29) is 24.0 Å². The molecule has 0 amide bonds. The Bertz CT molecular complexity index is 747. The number of morpholine rings is 1. The third kappa shape index (κ3) is 7.20. The van der Waals surface area contributed by atoms with Crippen LogP contribution in [0, 0.1) is 5.92 Å². The Balaban J connectivity index is 0.00000300. The number of nitrogens with zero attached hydrogens (tertiary/aromatic N) is 3. The van der Waals surface area contributed by atoms with Crippen LogP contribution in [-0.2, 0) is 11.3 Å². The van der Waals surface area contributed by atoms with Gasteiger partial charge in [0.25, 0.3) is 0 Å². The fraction of sp³-hybridized carbons (Fsp3) is 0.524. The largest absolute Gasteiger partial charge is 0.379 e. The molecule has 1 aromatic heterocycles. The zero-order valence-electron chi connectivity index (χ0n) is 17.4. The van der Waals surface area contributed by atoms with Crippen LogP contribution >= 0.6 is 35.3 Å². The average Bonchev–Trinajstić information content (AvgIpc) is 3.21. The molecule has 0 radical (unpaired) electrons. The highest BCUT2D eigenvalue weighted by Gasteiger charge is 2.23. The maximum absolute atomic E-state index is 5.49. The number of ether oxygens (including phenoxy) is 1. The summed E-state index contributed by atoms with van der Waals surface area (Å²) in [5.41, 5.74) is 2.18. The van der Waals surface area contributed by atoms with Gasteiger partial charge >= 0.3 is 0 Å². The lowest BCUT2D eigenvalue weighted by Gasteiger charge is -2.37. The maximum atomic E-state index is 5.49. The van der Waals surface area contributed by atoms with Crippen molar-refractivity contribution in [1.29, 1.82) is 0 Å². The molecular formula is C21H32IN5OS. The van der Waals surface area contributed by atoms with Crippen LogP contribution in [0.2, 0.25) is 0 Å². The van der Waals surface area contributed by atoms with E-state index < -0.39 is 0 Å². The SMILES string of the molecule is CN=C(NCc1nc(-c2ccccc2)cs1)NCC(C(C)C)N1CCOCC1.I. The van der Waals surface area contributed by atoms with Gasteiger partial charge in [0, 0.05) is 43.7 Å². The maximum Gasteiger partial charge on any atom is 0.191 e. The highest BCUT2D eigenvalue weighted by atomic mass is 127. The van der Waals surface area contributed by atoms with Crippen molar-refractivity contribution in [3.05, 3.63) is 40.7 Å². The Morgan fingerprint density at radius 2 is 1.93 bits per heavy atom. The van der Waals surface area contributed by atoms with Gasteiger partial charge in [-0.3, -0.25) is 9.89 Å². The molecule has 6 nitrogen and oxygen atoms in total. The highest BCUT2D eigenvalue weighted by molar-refractivity contribution is 14.0. The van der Waals surface area contributed by atoms with Crippen molar-refractivity contribution in [3.8, 4) is 11.3 Å². The fourth-order valence-corrected chi connectivity index (χ4v) is 4.15. The van der Waals surface area contributed by atoms with Crippen molar-refractivity contribution in [2.45, 2.75) is 26.4 Å². The molecule has 1 unspecified atom stereocenters. The van der Waals surface area contributed by atoms with Crippen LogP contribution in [0.25, 0.3) is 11.3 Å². The number of rotatable bonds is 7. The molecule has 1 atom stereocenters. The van der Waals surface area contributed by atoms with Crippen molar-refractivity contribution < 1.29 is 4.74 Å². The van der Waals surface area contributed by atoms with Crippen molar-refractivity contribution in [1.82, 2.24) is 20.5 Å². The molecule has 1 aliphatic rings. The third-order valence-electron chi connectivity index (χ3n) is 5.01. The first kappa shape index (κ1) is 24.0. The molecule has 1 aromatic carbocycles.